The second-order valence-electron chi connectivity index (χ2n) is 5.48. The smallest absolute Gasteiger partial charge is 0.244 e. The molecule has 2 aromatic rings. The summed E-state index contributed by atoms with van der Waals surface area (Å²) >= 11 is 0. The van der Waals surface area contributed by atoms with Crippen molar-refractivity contribution in [1.82, 2.24) is 24.6 Å². The fraction of sp³-hybridized carbons (Fsp3) is 0.571. The largest absolute Gasteiger partial charge is 0.358 e. The summed E-state index contributed by atoms with van der Waals surface area (Å²) in [7, 11) is 1.83. The molecule has 7 heteroatoms. The zero-order chi connectivity index (χ0) is 14.8. The molecule has 1 aliphatic heterocycles. The molecule has 3 rings (SSSR count). The first-order valence-electron chi connectivity index (χ1n) is 7.35. The van der Waals surface area contributed by atoms with Crippen molar-refractivity contribution in [3.05, 3.63) is 12.5 Å². The number of anilines is 1. The van der Waals surface area contributed by atoms with Gasteiger partial charge in [-0.25, -0.2) is 9.97 Å². The molecule has 1 amide bonds. The first kappa shape index (κ1) is 13.8. The van der Waals surface area contributed by atoms with Crippen LogP contribution in [0.1, 0.15) is 26.2 Å². The maximum atomic E-state index is 12.4. The minimum Gasteiger partial charge on any atom is -0.358 e. The highest BCUT2D eigenvalue weighted by atomic mass is 16.2. The molecule has 0 spiro atoms. The molecule has 3 heterocycles. The van der Waals surface area contributed by atoms with Gasteiger partial charge >= 0.3 is 0 Å². The van der Waals surface area contributed by atoms with Gasteiger partial charge in [0.1, 0.15) is 18.2 Å². The van der Waals surface area contributed by atoms with Crippen LogP contribution in [0.3, 0.4) is 0 Å². The number of nitrogens with zero attached hydrogens (tertiary/aromatic N) is 5. The second-order valence-corrected chi connectivity index (χ2v) is 5.48. The molecule has 7 nitrogen and oxygen atoms in total. The van der Waals surface area contributed by atoms with Crippen LogP contribution in [-0.2, 0) is 11.8 Å². The molecule has 1 fully saturated rings. The summed E-state index contributed by atoms with van der Waals surface area (Å²) in [6, 6.07) is -0.304. The number of carbonyl (C=O) groups is 1. The van der Waals surface area contributed by atoms with Crippen LogP contribution in [0.25, 0.3) is 11.0 Å². The van der Waals surface area contributed by atoms with E-state index in [1.807, 2.05) is 18.9 Å². The summed E-state index contributed by atoms with van der Waals surface area (Å²) in [5.41, 5.74) is 0.755. The third-order valence-corrected chi connectivity index (χ3v) is 3.92. The van der Waals surface area contributed by atoms with Crippen molar-refractivity contribution in [1.29, 1.82) is 0 Å². The van der Waals surface area contributed by atoms with Crippen molar-refractivity contribution < 1.29 is 4.79 Å². The van der Waals surface area contributed by atoms with Gasteiger partial charge in [0.2, 0.25) is 5.91 Å². The third-order valence-electron chi connectivity index (χ3n) is 3.92. The monoisotopic (exact) mass is 288 g/mol. The van der Waals surface area contributed by atoms with Gasteiger partial charge in [0.25, 0.3) is 0 Å². The molecule has 0 unspecified atom stereocenters. The van der Waals surface area contributed by atoms with E-state index in [0.717, 1.165) is 37.0 Å². The van der Waals surface area contributed by atoms with Crippen LogP contribution >= 0.6 is 0 Å². The van der Waals surface area contributed by atoms with Gasteiger partial charge in [-0.1, -0.05) is 0 Å². The Morgan fingerprint density at radius 3 is 2.81 bits per heavy atom. The average Bonchev–Trinajstić information content (AvgIpc) is 2.90. The van der Waals surface area contributed by atoms with E-state index in [9.17, 15) is 4.79 Å². The number of likely N-dealkylation sites (tertiary alicyclic amines) is 1. The molecule has 0 saturated carbocycles. The van der Waals surface area contributed by atoms with Crippen LogP contribution in [0.5, 0.6) is 0 Å². The quantitative estimate of drug-likeness (QED) is 0.917. The number of amides is 1. The first-order valence-corrected chi connectivity index (χ1v) is 7.35. The Labute approximate surface area is 123 Å². The van der Waals surface area contributed by atoms with Crippen molar-refractivity contribution in [3.63, 3.8) is 0 Å². The molecule has 2 aromatic heterocycles. The lowest BCUT2D eigenvalue weighted by molar-refractivity contribution is -0.132. The standard InChI is InChI=1S/C14H20N6O/c1-10(14(21)20-6-4-3-5-7-20)18-12-11-8-17-19(2)13(11)16-9-15-12/h8-10H,3-7H2,1-2H3,(H,15,16,18)/t10-/m0/s1. The summed E-state index contributed by atoms with van der Waals surface area (Å²) in [4.78, 5) is 22.8. The highest BCUT2D eigenvalue weighted by Gasteiger charge is 2.23. The average molecular weight is 288 g/mol. The van der Waals surface area contributed by atoms with Crippen LogP contribution in [-0.4, -0.2) is 49.7 Å². The van der Waals surface area contributed by atoms with E-state index in [0.29, 0.717) is 5.82 Å². The lowest BCUT2D eigenvalue weighted by atomic mass is 10.1. The van der Waals surface area contributed by atoms with Gasteiger partial charge in [-0.3, -0.25) is 9.48 Å². The number of nitrogens with one attached hydrogen (secondary N) is 1. The maximum Gasteiger partial charge on any atom is 0.244 e. The molecule has 0 radical (unpaired) electrons. The molecule has 1 saturated heterocycles. The van der Waals surface area contributed by atoms with Gasteiger partial charge in [-0.2, -0.15) is 5.10 Å². The number of fused-ring (bicyclic) bond motifs is 1. The Morgan fingerprint density at radius 1 is 1.29 bits per heavy atom. The number of hydrogen-bond acceptors (Lipinski definition) is 5. The predicted molar refractivity (Wildman–Crippen MR) is 79.8 cm³/mol. The number of piperidine rings is 1. The zero-order valence-electron chi connectivity index (χ0n) is 12.4. The van der Waals surface area contributed by atoms with E-state index >= 15 is 0 Å². The number of aromatic nitrogens is 4. The molecule has 0 aromatic carbocycles. The summed E-state index contributed by atoms with van der Waals surface area (Å²) in [5.74, 6) is 0.788. The van der Waals surface area contributed by atoms with Crippen molar-refractivity contribution in [2.75, 3.05) is 18.4 Å². The summed E-state index contributed by atoms with van der Waals surface area (Å²) in [6.45, 7) is 3.59. The SMILES string of the molecule is C[C@H](Nc1ncnc2c1cnn2C)C(=O)N1CCCCC1. The van der Waals surface area contributed by atoms with Crippen LogP contribution < -0.4 is 5.32 Å². The lowest BCUT2D eigenvalue weighted by Gasteiger charge is -2.29. The molecule has 1 atom stereocenters. The van der Waals surface area contributed by atoms with Crippen LogP contribution in [0.15, 0.2) is 12.5 Å². The summed E-state index contributed by atoms with van der Waals surface area (Å²) in [6.07, 6.45) is 6.62. The molecule has 112 valence electrons. The lowest BCUT2D eigenvalue weighted by Crippen LogP contribution is -2.44. The van der Waals surface area contributed by atoms with Crippen LogP contribution in [0.2, 0.25) is 0 Å². The molecular formula is C14H20N6O. The minimum absolute atomic E-state index is 0.130. The Balaban J connectivity index is 1.76. The van der Waals surface area contributed by atoms with E-state index in [4.69, 9.17) is 0 Å². The number of carbonyl (C=O) groups excluding carboxylic acids is 1. The fourth-order valence-corrected chi connectivity index (χ4v) is 2.73. The van der Waals surface area contributed by atoms with Gasteiger partial charge in [0, 0.05) is 20.1 Å². The van der Waals surface area contributed by atoms with E-state index < -0.39 is 0 Å². The molecular weight excluding hydrogens is 268 g/mol. The van der Waals surface area contributed by atoms with Gasteiger partial charge in [0.05, 0.1) is 11.6 Å². The molecule has 0 bridgehead atoms. The summed E-state index contributed by atoms with van der Waals surface area (Å²) in [5, 5.41) is 8.21. The minimum atomic E-state index is -0.304. The fourth-order valence-electron chi connectivity index (χ4n) is 2.73. The zero-order valence-corrected chi connectivity index (χ0v) is 12.4. The van der Waals surface area contributed by atoms with Crippen molar-refractivity contribution >= 4 is 22.8 Å². The molecule has 0 aliphatic carbocycles. The highest BCUT2D eigenvalue weighted by molar-refractivity contribution is 5.90. The number of aryl methyl sites for hydroxylation is 1. The third kappa shape index (κ3) is 2.68. The highest BCUT2D eigenvalue weighted by Crippen LogP contribution is 2.19. The molecule has 1 N–H and O–H groups in total. The van der Waals surface area contributed by atoms with E-state index in [-0.39, 0.29) is 11.9 Å². The van der Waals surface area contributed by atoms with Crippen LogP contribution in [0, 0.1) is 0 Å². The first-order chi connectivity index (χ1) is 10.2. The van der Waals surface area contributed by atoms with Gasteiger partial charge < -0.3 is 10.2 Å². The Kier molecular flexibility index (Phi) is 3.72. The van der Waals surface area contributed by atoms with Gasteiger partial charge in [-0.15, -0.1) is 0 Å². The Morgan fingerprint density at radius 2 is 2.05 bits per heavy atom. The van der Waals surface area contributed by atoms with E-state index in [1.165, 1.54) is 12.7 Å². The number of hydrogen-bond donors (Lipinski definition) is 1. The van der Waals surface area contributed by atoms with Crippen LogP contribution in [0.4, 0.5) is 5.82 Å². The van der Waals surface area contributed by atoms with E-state index in [1.54, 1.807) is 10.9 Å². The Bertz CT molecular complexity index is 646. The van der Waals surface area contributed by atoms with Gasteiger partial charge in [-0.05, 0) is 26.2 Å². The predicted octanol–water partition coefficient (Wildman–Crippen LogP) is 1.18. The number of rotatable bonds is 3. The van der Waals surface area contributed by atoms with E-state index in [2.05, 4.69) is 20.4 Å². The van der Waals surface area contributed by atoms with Gasteiger partial charge in [0.15, 0.2) is 5.65 Å². The second kappa shape index (κ2) is 5.67. The van der Waals surface area contributed by atoms with Crippen molar-refractivity contribution in [2.24, 2.45) is 7.05 Å². The normalized spacial score (nSPS) is 17.0. The molecule has 21 heavy (non-hydrogen) atoms. The Hall–Kier alpha value is -2.18. The maximum absolute atomic E-state index is 12.4. The van der Waals surface area contributed by atoms with Crippen molar-refractivity contribution in [2.45, 2.75) is 32.2 Å². The summed E-state index contributed by atoms with van der Waals surface area (Å²) < 4.78 is 1.69. The van der Waals surface area contributed by atoms with Crippen molar-refractivity contribution in [3.8, 4) is 0 Å². The molecule has 1 aliphatic rings. The topological polar surface area (TPSA) is 75.9 Å².